The van der Waals surface area contributed by atoms with Gasteiger partial charge in [0, 0.05) is 43.9 Å². The van der Waals surface area contributed by atoms with Crippen LogP contribution >= 0.6 is 0 Å². The number of carbonyl (C=O) groups excluding carboxylic acids is 1. The number of ether oxygens (including phenoxy) is 2. The first kappa shape index (κ1) is 16.1. The highest BCUT2D eigenvalue weighted by molar-refractivity contribution is 5.89. The molecule has 0 amide bonds. The molecule has 0 bridgehead atoms. The molecule has 5 nitrogen and oxygen atoms in total. The Morgan fingerprint density at radius 3 is 2.50 bits per heavy atom. The number of rotatable bonds is 6. The summed E-state index contributed by atoms with van der Waals surface area (Å²) in [7, 11) is 5.45. The lowest BCUT2D eigenvalue weighted by Crippen LogP contribution is -2.35. The summed E-state index contributed by atoms with van der Waals surface area (Å²) in [6.07, 6.45) is 9.14. The highest BCUT2D eigenvalue weighted by atomic mass is 16.5. The third kappa shape index (κ3) is 4.35. The fraction of sp³-hybridized carbons (Fsp3) is 0.412. The van der Waals surface area contributed by atoms with E-state index < -0.39 is 0 Å². The molecule has 2 rings (SSSR count). The standard InChI is InChI=1S/C17H23N2O3/c1-18(2)15-8-10-19(11-9-15)12-13-22-16-6-4-14(5-7-16)17(20)21-3/h4,6,8-11H,5,7,12-13H2,1-3H3/q+1. The van der Waals surface area contributed by atoms with E-state index in [4.69, 9.17) is 9.47 Å². The van der Waals surface area contributed by atoms with Crippen LogP contribution in [-0.4, -0.2) is 33.8 Å². The molecule has 1 heterocycles. The molecule has 1 aliphatic rings. The van der Waals surface area contributed by atoms with Crippen LogP contribution in [0.2, 0.25) is 0 Å². The number of nitrogens with zero attached hydrogens (tertiary/aromatic N) is 2. The topological polar surface area (TPSA) is 42.7 Å². The summed E-state index contributed by atoms with van der Waals surface area (Å²) in [5.41, 5.74) is 1.87. The summed E-state index contributed by atoms with van der Waals surface area (Å²) >= 11 is 0. The second kappa shape index (κ2) is 7.64. The molecule has 0 aromatic carbocycles. The molecule has 0 N–H and O–H groups in total. The van der Waals surface area contributed by atoms with Gasteiger partial charge >= 0.3 is 5.97 Å². The van der Waals surface area contributed by atoms with E-state index in [1.165, 1.54) is 12.8 Å². The number of aromatic nitrogens is 1. The Labute approximate surface area is 131 Å². The first-order valence-corrected chi connectivity index (χ1v) is 7.37. The number of pyridine rings is 1. The van der Waals surface area contributed by atoms with Crippen LogP contribution in [-0.2, 0) is 20.8 Å². The summed E-state index contributed by atoms with van der Waals surface area (Å²) < 4.78 is 12.6. The van der Waals surface area contributed by atoms with Crippen molar-refractivity contribution in [3.63, 3.8) is 0 Å². The molecule has 0 aliphatic heterocycles. The van der Waals surface area contributed by atoms with E-state index in [9.17, 15) is 4.79 Å². The highest BCUT2D eigenvalue weighted by Crippen LogP contribution is 2.19. The molecule has 0 spiro atoms. The summed E-state index contributed by atoms with van der Waals surface area (Å²) in [6.45, 7) is 1.40. The molecular formula is C17H23N2O3+. The third-order valence-electron chi connectivity index (χ3n) is 3.59. The van der Waals surface area contributed by atoms with Crippen molar-refractivity contribution in [1.29, 1.82) is 0 Å². The lowest BCUT2D eigenvalue weighted by atomic mass is 10.0. The zero-order chi connectivity index (χ0) is 15.9. The van der Waals surface area contributed by atoms with Crippen LogP contribution < -0.4 is 9.47 Å². The van der Waals surface area contributed by atoms with E-state index in [0.717, 1.165) is 18.7 Å². The summed E-state index contributed by atoms with van der Waals surface area (Å²) in [6, 6.07) is 4.15. The molecule has 0 fully saturated rings. The molecule has 1 aromatic rings. The molecule has 22 heavy (non-hydrogen) atoms. The number of esters is 1. The molecule has 5 heteroatoms. The summed E-state index contributed by atoms with van der Waals surface area (Å²) in [5.74, 6) is 0.657. The van der Waals surface area contributed by atoms with E-state index in [-0.39, 0.29) is 5.97 Å². The van der Waals surface area contributed by atoms with Gasteiger partial charge in [0.25, 0.3) is 0 Å². The zero-order valence-corrected chi connectivity index (χ0v) is 13.4. The molecule has 1 aliphatic carbocycles. The number of hydrogen-bond acceptors (Lipinski definition) is 4. The van der Waals surface area contributed by atoms with Gasteiger partial charge in [-0.25, -0.2) is 9.36 Å². The number of hydrogen-bond donors (Lipinski definition) is 0. The van der Waals surface area contributed by atoms with Crippen molar-refractivity contribution in [1.82, 2.24) is 0 Å². The third-order valence-corrected chi connectivity index (χ3v) is 3.59. The highest BCUT2D eigenvalue weighted by Gasteiger charge is 2.14. The number of allylic oxidation sites excluding steroid dienone is 3. The summed E-state index contributed by atoms with van der Waals surface area (Å²) in [5, 5.41) is 0. The van der Waals surface area contributed by atoms with E-state index in [0.29, 0.717) is 18.6 Å². The van der Waals surface area contributed by atoms with Gasteiger partial charge in [-0.05, 0) is 18.6 Å². The van der Waals surface area contributed by atoms with Crippen LogP contribution in [0.25, 0.3) is 0 Å². The predicted molar refractivity (Wildman–Crippen MR) is 84.3 cm³/mol. The predicted octanol–water partition coefficient (Wildman–Crippen LogP) is 1.83. The minimum absolute atomic E-state index is 0.258. The number of carbonyl (C=O) groups is 1. The van der Waals surface area contributed by atoms with Crippen molar-refractivity contribution >= 4 is 11.7 Å². The zero-order valence-electron chi connectivity index (χ0n) is 13.4. The first-order chi connectivity index (χ1) is 10.6. The minimum Gasteiger partial charge on any atom is -0.491 e. The number of methoxy groups -OCH3 is 1. The quantitative estimate of drug-likeness (QED) is 0.594. The molecule has 0 radical (unpaired) electrons. The molecule has 0 unspecified atom stereocenters. The molecule has 118 valence electrons. The largest absolute Gasteiger partial charge is 0.491 e. The van der Waals surface area contributed by atoms with E-state index in [2.05, 4.69) is 21.6 Å². The van der Waals surface area contributed by atoms with Crippen LogP contribution in [0.5, 0.6) is 0 Å². The SMILES string of the molecule is COC(=O)C1=CC=C(OCC[n+]2ccc(N(C)C)cc2)CC1. The van der Waals surface area contributed by atoms with E-state index >= 15 is 0 Å². The molecule has 0 atom stereocenters. The van der Waals surface area contributed by atoms with Crippen molar-refractivity contribution in [2.45, 2.75) is 19.4 Å². The van der Waals surface area contributed by atoms with Gasteiger partial charge in [-0.1, -0.05) is 0 Å². The Morgan fingerprint density at radius 1 is 1.23 bits per heavy atom. The maximum absolute atomic E-state index is 11.4. The van der Waals surface area contributed by atoms with Gasteiger partial charge in [0.1, 0.15) is 6.61 Å². The fourth-order valence-electron chi connectivity index (χ4n) is 2.22. The van der Waals surface area contributed by atoms with Gasteiger partial charge in [-0.2, -0.15) is 0 Å². The lowest BCUT2D eigenvalue weighted by molar-refractivity contribution is -0.698. The maximum Gasteiger partial charge on any atom is 0.333 e. The van der Waals surface area contributed by atoms with Crippen LogP contribution in [0.3, 0.4) is 0 Å². The smallest absolute Gasteiger partial charge is 0.333 e. The van der Waals surface area contributed by atoms with Crippen molar-refractivity contribution in [3.05, 3.63) is 48.0 Å². The second-order valence-electron chi connectivity index (χ2n) is 5.35. The first-order valence-electron chi connectivity index (χ1n) is 7.37. The van der Waals surface area contributed by atoms with Gasteiger partial charge in [-0.15, -0.1) is 0 Å². The van der Waals surface area contributed by atoms with Gasteiger partial charge in [0.15, 0.2) is 18.9 Å². The Balaban J connectivity index is 1.81. The van der Waals surface area contributed by atoms with Crippen molar-refractivity contribution < 1.29 is 18.8 Å². The Bertz CT molecular complexity index is 574. The normalized spacial score (nSPS) is 14.0. The van der Waals surface area contributed by atoms with Crippen molar-refractivity contribution in [2.24, 2.45) is 0 Å². The lowest BCUT2D eigenvalue weighted by Gasteiger charge is -2.14. The van der Waals surface area contributed by atoms with Gasteiger partial charge < -0.3 is 14.4 Å². The molecule has 0 saturated carbocycles. The molecule has 0 saturated heterocycles. The van der Waals surface area contributed by atoms with Crippen LogP contribution in [0, 0.1) is 0 Å². The van der Waals surface area contributed by atoms with E-state index in [1.807, 2.05) is 32.6 Å². The molecule has 1 aromatic heterocycles. The Hall–Kier alpha value is -2.30. The minimum atomic E-state index is -0.258. The maximum atomic E-state index is 11.4. The van der Waals surface area contributed by atoms with Gasteiger partial charge in [0.05, 0.1) is 12.9 Å². The van der Waals surface area contributed by atoms with Crippen molar-refractivity contribution in [3.8, 4) is 0 Å². The average Bonchev–Trinajstić information content (AvgIpc) is 2.55. The monoisotopic (exact) mass is 303 g/mol. The Kier molecular flexibility index (Phi) is 5.58. The molecular weight excluding hydrogens is 280 g/mol. The van der Waals surface area contributed by atoms with Gasteiger partial charge in [-0.3, -0.25) is 0 Å². The van der Waals surface area contributed by atoms with Crippen LogP contribution in [0.4, 0.5) is 5.69 Å². The summed E-state index contributed by atoms with van der Waals surface area (Å²) in [4.78, 5) is 13.4. The average molecular weight is 303 g/mol. The van der Waals surface area contributed by atoms with Crippen molar-refractivity contribution in [2.75, 3.05) is 32.7 Å². The fourth-order valence-corrected chi connectivity index (χ4v) is 2.22. The second-order valence-corrected chi connectivity index (χ2v) is 5.35. The van der Waals surface area contributed by atoms with E-state index in [1.54, 1.807) is 6.08 Å². The number of anilines is 1. The van der Waals surface area contributed by atoms with Gasteiger partial charge in [0.2, 0.25) is 0 Å². The Morgan fingerprint density at radius 2 is 1.95 bits per heavy atom. The van der Waals surface area contributed by atoms with Crippen LogP contribution in [0.1, 0.15) is 12.8 Å². The van der Waals surface area contributed by atoms with Crippen LogP contribution in [0.15, 0.2) is 48.0 Å².